The summed E-state index contributed by atoms with van der Waals surface area (Å²) in [6.45, 7) is 18.9. The van der Waals surface area contributed by atoms with E-state index in [1.165, 1.54) is 139 Å². The maximum absolute atomic E-state index is 2.73. The molecule has 0 fully saturated rings. The lowest BCUT2D eigenvalue weighted by atomic mass is 9.76. The smallest absolute Gasteiger partial charge is 0.179 e. The second-order valence-electron chi connectivity index (χ2n) is 26.9. The minimum absolute atomic E-state index is 0.0638. The van der Waals surface area contributed by atoms with E-state index in [9.17, 15) is 0 Å². The maximum Gasteiger partial charge on any atom is 0.179 e. The van der Waals surface area contributed by atoms with E-state index in [1.807, 2.05) is 22.7 Å². The summed E-state index contributed by atoms with van der Waals surface area (Å²) in [5.74, 6) is 0. The van der Waals surface area contributed by atoms with E-state index in [4.69, 9.17) is 0 Å². The summed E-state index contributed by atoms with van der Waals surface area (Å²) < 4.78 is 7.81. The Hall–Kier alpha value is -8.90. The largest absolute Gasteiger partial charge is 0.309 e. The van der Waals surface area contributed by atoms with Crippen LogP contribution >= 0.6 is 22.7 Å². The summed E-state index contributed by atoms with van der Waals surface area (Å²) in [6, 6.07) is 104. The van der Waals surface area contributed by atoms with Crippen LogP contribution < -0.4 is 20.7 Å². The molecule has 0 unspecified atom stereocenters. The van der Waals surface area contributed by atoms with Crippen LogP contribution in [0.2, 0.25) is 0 Å². The molecule has 88 heavy (non-hydrogen) atoms. The Morgan fingerprint density at radius 1 is 0.330 bits per heavy atom. The summed E-state index contributed by atoms with van der Waals surface area (Å²) in [6.07, 6.45) is 0.920. The van der Waals surface area contributed by atoms with Gasteiger partial charge in [0.15, 0.2) is 8.07 Å². The highest BCUT2D eigenvalue weighted by Gasteiger charge is 2.41. The zero-order valence-corrected chi connectivity index (χ0v) is 54.1. The minimum atomic E-state index is -2.73. The fourth-order valence-corrected chi connectivity index (χ4v) is 21.7. The number of aromatic nitrogens is 1. The second-order valence-corrected chi connectivity index (χ2v) is 32.9. The Labute approximate surface area is 526 Å². The van der Waals surface area contributed by atoms with Crippen molar-refractivity contribution in [1.29, 1.82) is 0 Å². The van der Waals surface area contributed by atoms with Gasteiger partial charge in [-0.15, -0.1) is 22.7 Å². The normalized spacial score (nSPS) is 12.6. The number of thiophene rings is 2. The molecule has 0 saturated carbocycles. The summed E-state index contributed by atoms with van der Waals surface area (Å²) in [5.41, 5.74) is 16.5. The van der Waals surface area contributed by atoms with Crippen molar-refractivity contribution in [3.05, 3.63) is 295 Å². The molecule has 0 N–H and O–H groups in total. The average Bonchev–Trinajstić information content (AvgIpc) is 1.09. The molecule has 4 heteroatoms. The highest BCUT2D eigenvalue weighted by atomic mass is 32.1. The van der Waals surface area contributed by atoms with E-state index in [0.717, 1.165) is 12.1 Å². The molecule has 15 rings (SSSR count). The fourth-order valence-electron chi connectivity index (χ4n) is 14.6. The molecule has 0 aliphatic heterocycles. The van der Waals surface area contributed by atoms with Crippen molar-refractivity contribution in [1.82, 2.24) is 4.57 Å². The third kappa shape index (κ3) is 9.39. The van der Waals surface area contributed by atoms with Gasteiger partial charge in [0.1, 0.15) is 0 Å². The third-order valence-corrected chi connectivity index (χ3v) is 25.9. The van der Waals surface area contributed by atoms with E-state index in [2.05, 4.69) is 333 Å². The quantitative estimate of drug-likeness (QED) is 0.0898. The van der Waals surface area contributed by atoms with Crippen molar-refractivity contribution < 1.29 is 0 Å². The summed E-state index contributed by atoms with van der Waals surface area (Å²) in [4.78, 5) is 0. The lowest BCUT2D eigenvalue weighted by Crippen LogP contribution is -2.74. The molecule has 12 aromatic carbocycles. The molecule has 0 aliphatic rings. The fraction of sp³-hybridized carbons (Fsp3) is 0.143. The van der Waals surface area contributed by atoms with Crippen LogP contribution in [0.25, 0.3) is 101 Å². The van der Waals surface area contributed by atoms with E-state index < -0.39 is 8.07 Å². The standard InChI is InChI=1S/C84H71NS2Si/c1-82(2,3)58-42-48-64(49-43-58)88(61-22-11-9-12-23-61,62-24-13-10-14-25-62)63-46-37-56(38-47-63)57-39-51-66-65-26-15-17-32-73(65)85(74(66)53-57)60-44-40-59(41-45-60)84(7,8)54-55-36-50-72-78(52-55)87-77-35-21-29-68(80(72)77)70-31-19-30-69(81(70)83(4,5)6)67-28-20-34-76-79(67)71-27-16-18-33-75(71)86-76/h9-53H,54H2,1-8H3. The summed E-state index contributed by atoms with van der Waals surface area (Å²) in [7, 11) is -2.73. The van der Waals surface area contributed by atoms with E-state index in [-0.39, 0.29) is 16.2 Å². The van der Waals surface area contributed by atoms with Crippen molar-refractivity contribution in [3.63, 3.8) is 0 Å². The van der Waals surface area contributed by atoms with Crippen LogP contribution in [-0.2, 0) is 22.7 Å². The molecule has 0 spiro atoms. The monoisotopic (exact) mass is 1190 g/mol. The molecule has 0 aliphatic carbocycles. The van der Waals surface area contributed by atoms with Gasteiger partial charge in [-0.25, -0.2) is 0 Å². The first-order valence-electron chi connectivity index (χ1n) is 31.1. The Kier molecular flexibility index (Phi) is 13.6. The number of fused-ring (bicyclic) bond motifs is 9. The maximum atomic E-state index is 2.48. The van der Waals surface area contributed by atoms with Gasteiger partial charge in [0.05, 0.1) is 11.0 Å². The van der Waals surface area contributed by atoms with Crippen molar-refractivity contribution in [2.45, 2.75) is 78.1 Å². The van der Waals surface area contributed by atoms with Gasteiger partial charge in [0, 0.05) is 56.8 Å². The van der Waals surface area contributed by atoms with Gasteiger partial charge in [-0.05, 0) is 148 Å². The molecule has 1 nitrogen and oxygen atoms in total. The number of para-hydroxylation sites is 1. The van der Waals surface area contributed by atoms with Gasteiger partial charge in [0.2, 0.25) is 0 Å². The molecular formula is C84H71NS2Si. The van der Waals surface area contributed by atoms with Gasteiger partial charge in [0.25, 0.3) is 0 Å². The van der Waals surface area contributed by atoms with Crippen molar-refractivity contribution >= 4 is 114 Å². The SMILES string of the molecule is CC(C)(C)c1ccc([Si](c2ccccc2)(c2ccccc2)c2ccc(-c3ccc4c5ccccc5n(-c5ccc(C(C)(C)Cc6ccc7c(c6)sc6cccc(-c8cccc(-c9cccc%10sc%11ccccc%11c9%10)c8C(C)(C)C)c67)cc5)c4c3)cc2)cc1. The Morgan fingerprint density at radius 2 is 0.795 bits per heavy atom. The predicted octanol–water partition coefficient (Wildman–Crippen LogP) is 21.0. The first-order valence-corrected chi connectivity index (χ1v) is 34.7. The Bertz CT molecular complexity index is 5080. The van der Waals surface area contributed by atoms with Gasteiger partial charge in [-0.3, -0.25) is 0 Å². The molecule has 3 aromatic heterocycles. The van der Waals surface area contributed by atoms with Crippen LogP contribution in [-0.4, -0.2) is 12.6 Å². The minimum Gasteiger partial charge on any atom is -0.309 e. The van der Waals surface area contributed by atoms with Crippen LogP contribution in [0.5, 0.6) is 0 Å². The highest BCUT2D eigenvalue weighted by molar-refractivity contribution is 7.26. The number of rotatable bonds is 11. The second kappa shape index (κ2) is 21.5. The molecule has 0 radical (unpaired) electrons. The molecule has 428 valence electrons. The molecule has 0 amide bonds. The molecule has 3 heterocycles. The van der Waals surface area contributed by atoms with Gasteiger partial charge < -0.3 is 4.57 Å². The molecule has 15 aromatic rings. The Morgan fingerprint density at radius 3 is 1.41 bits per heavy atom. The number of nitrogens with zero attached hydrogens (tertiary/aromatic N) is 1. The lowest BCUT2D eigenvalue weighted by Gasteiger charge is -2.35. The third-order valence-electron chi connectivity index (χ3n) is 18.8. The van der Waals surface area contributed by atoms with Gasteiger partial charge in [-0.2, -0.15) is 0 Å². The highest BCUT2D eigenvalue weighted by Crippen LogP contribution is 2.49. The van der Waals surface area contributed by atoms with Crippen molar-refractivity contribution in [2.75, 3.05) is 0 Å². The van der Waals surface area contributed by atoms with E-state index in [1.54, 1.807) is 0 Å². The molecule has 0 bridgehead atoms. The number of hydrogen-bond donors (Lipinski definition) is 0. The summed E-state index contributed by atoms with van der Waals surface area (Å²) in [5, 5.41) is 13.4. The summed E-state index contributed by atoms with van der Waals surface area (Å²) >= 11 is 3.82. The van der Waals surface area contributed by atoms with Crippen molar-refractivity contribution in [2.24, 2.45) is 0 Å². The van der Waals surface area contributed by atoms with Crippen LogP contribution in [0.3, 0.4) is 0 Å². The van der Waals surface area contributed by atoms with Gasteiger partial charge in [-0.1, -0.05) is 280 Å². The molecule has 0 atom stereocenters. The first kappa shape index (κ1) is 55.7. The average molecular weight is 1190 g/mol. The van der Waals surface area contributed by atoms with Crippen LogP contribution in [0, 0.1) is 0 Å². The van der Waals surface area contributed by atoms with E-state index >= 15 is 0 Å². The zero-order chi connectivity index (χ0) is 60.1. The topological polar surface area (TPSA) is 4.93 Å². The number of hydrogen-bond acceptors (Lipinski definition) is 2. The van der Waals surface area contributed by atoms with Crippen LogP contribution in [0.1, 0.15) is 77.6 Å². The van der Waals surface area contributed by atoms with E-state index in [0.29, 0.717) is 0 Å². The number of benzene rings is 12. The molecule has 0 saturated heterocycles. The Balaban J connectivity index is 0.750. The molecular weight excluding hydrogens is 1120 g/mol. The van der Waals surface area contributed by atoms with Crippen molar-refractivity contribution in [3.8, 4) is 39.1 Å². The predicted molar refractivity (Wildman–Crippen MR) is 387 cm³/mol. The van der Waals surface area contributed by atoms with Crippen LogP contribution in [0.4, 0.5) is 0 Å². The van der Waals surface area contributed by atoms with Gasteiger partial charge >= 0.3 is 0 Å². The zero-order valence-electron chi connectivity index (χ0n) is 51.5. The lowest BCUT2D eigenvalue weighted by molar-refractivity contribution is 0.522. The first-order chi connectivity index (χ1) is 42.6. The van der Waals surface area contributed by atoms with Crippen LogP contribution in [0.15, 0.2) is 273 Å².